The molecule has 0 heterocycles. The lowest BCUT2D eigenvalue weighted by Crippen LogP contribution is -2.37. The number of anilines is 1. The van der Waals surface area contributed by atoms with E-state index in [2.05, 4.69) is 21.2 Å². The highest BCUT2D eigenvalue weighted by Gasteiger charge is 2.36. The minimum absolute atomic E-state index is 0.198. The Kier molecular flexibility index (Phi) is 3.87. The Morgan fingerprint density at radius 3 is 2.53 bits per heavy atom. The van der Waals surface area contributed by atoms with Gasteiger partial charge in [0.05, 0.1) is 5.69 Å². The van der Waals surface area contributed by atoms with Crippen molar-refractivity contribution in [2.45, 2.75) is 13.8 Å². The molecular weight excluding hydrogens is 293 g/mol. The van der Waals surface area contributed by atoms with E-state index in [0.29, 0.717) is 4.47 Å². The molecular formula is C11H11BrFNO3. The van der Waals surface area contributed by atoms with E-state index in [4.69, 9.17) is 5.11 Å². The molecule has 1 amide bonds. The number of amides is 1. The van der Waals surface area contributed by atoms with Crippen LogP contribution in [0, 0.1) is 11.2 Å². The van der Waals surface area contributed by atoms with E-state index in [-0.39, 0.29) is 5.69 Å². The van der Waals surface area contributed by atoms with Crippen LogP contribution in [0.4, 0.5) is 10.1 Å². The highest BCUT2D eigenvalue weighted by Crippen LogP contribution is 2.25. The summed E-state index contributed by atoms with van der Waals surface area (Å²) in [5, 5.41) is 11.2. The highest BCUT2D eigenvalue weighted by molar-refractivity contribution is 9.10. The Morgan fingerprint density at radius 2 is 2.00 bits per heavy atom. The first-order valence-corrected chi connectivity index (χ1v) is 5.54. The molecule has 0 unspecified atom stereocenters. The second-order valence-corrected chi connectivity index (χ2v) is 4.86. The van der Waals surface area contributed by atoms with Crippen LogP contribution in [0.5, 0.6) is 0 Å². The predicted molar refractivity (Wildman–Crippen MR) is 64.1 cm³/mol. The largest absolute Gasteiger partial charge is 0.480 e. The lowest BCUT2D eigenvalue weighted by Gasteiger charge is -2.18. The van der Waals surface area contributed by atoms with E-state index in [1.165, 1.54) is 26.0 Å². The number of benzene rings is 1. The molecule has 6 heteroatoms. The van der Waals surface area contributed by atoms with Crippen molar-refractivity contribution in [2.75, 3.05) is 5.32 Å². The van der Waals surface area contributed by atoms with Crippen LogP contribution < -0.4 is 5.32 Å². The molecule has 1 rings (SSSR count). The number of carbonyl (C=O) groups is 2. The number of nitrogens with one attached hydrogen (secondary N) is 1. The van der Waals surface area contributed by atoms with Gasteiger partial charge in [-0.3, -0.25) is 9.59 Å². The van der Waals surface area contributed by atoms with Gasteiger partial charge in [-0.25, -0.2) is 4.39 Å². The first kappa shape index (κ1) is 13.6. The first-order chi connectivity index (χ1) is 7.75. The van der Waals surface area contributed by atoms with Gasteiger partial charge >= 0.3 is 5.97 Å². The molecule has 0 saturated heterocycles. The zero-order chi connectivity index (χ0) is 13.2. The SMILES string of the molecule is CC(C)(C(=O)O)C(=O)Nc1cc(F)ccc1Br. The summed E-state index contributed by atoms with van der Waals surface area (Å²) < 4.78 is 13.4. The molecule has 4 nitrogen and oxygen atoms in total. The highest BCUT2D eigenvalue weighted by atomic mass is 79.9. The molecule has 0 aliphatic heterocycles. The minimum atomic E-state index is -1.58. The number of carboxylic acid groups (broad SMARTS) is 1. The van der Waals surface area contributed by atoms with E-state index in [9.17, 15) is 14.0 Å². The summed E-state index contributed by atoms with van der Waals surface area (Å²) in [5.41, 5.74) is -1.38. The van der Waals surface area contributed by atoms with Crippen LogP contribution in [0.3, 0.4) is 0 Å². The van der Waals surface area contributed by atoms with Crippen LogP contribution in [0.25, 0.3) is 0 Å². The number of halogens is 2. The third kappa shape index (κ3) is 3.03. The Morgan fingerprint density at radius 1 is 1.41 bits per heavy atom. The van der Waals surface area contributed by atoms with Crippen molar-refractivity contribution in [1.29, 1.82) is 0 Å². The maximum atomic E-state index is 13.0. The third-order valence-electron chi connectivity index (χ3n) is 2.28. The maximum Gasteiger partial charge on any atom is 0.318 e. The van der Waals surface area contributed by atoms with E-state index >= 15 is 0 Å². The van der Waals surface area contributed by atoms with Crippen molar-refractivity contribution in [2.24, 2.45) is 5.41 Å². The monoisotopic (exact) mass is 303 g/mol. The van der Waals surface area contributed by atoms with Gasteiger partial charge in [-0.05, 0) is 48.0 Å². The van der Waals surface area contributed by atoms with Crippen molar-refractivity contribution in [3.05, 3.63) is 28.5 Å². The summed E-state index contributed by atoms with van der Waals surface area (Å²) in [7, 11) is 0. The molecule has 92 valence electrons. The van der Waals surface area contributed by atoms with Crippen molar-refractivity contribution in [3.63, 3.8) is 0 Å². The summed E-state index contributed by atoms with van der Waals surface area (Å²) in [6, 6.07) is 3.76. The summed E-state index contributed by atoms with van der Waals surface area (Å²) in [6.45, 7) is 2.55. The van der Waals surface area contributed by atoms with Gasteiger partial charge in [0.2, 0.25) is 5.91 Å². The standard InChI is InChI=1S/C11H11BrFNO3/c1-11(2,10(16)17)9(15)14-8-5-6(13)3-4-7(8)12/h3-5H,1-2H3,(H,14,15)(H,16,17). The molecule has 0 atom stereocenters. The van der Waals surface area contributed by atoms with Gasteiger partial charge in [0.25, 0.3) is 0 Å². The van der Waals surface area contributed by atoms with Crippen LogP contribution >= 0.6 is 15.9 Å². The minimum Gasteiger partial charge on any atom is -0.480 e. The molecule has 1 aromatic rings. The van der Waals surface area contributed by atoms with Crippen molar-refractivity contribution in [1.82, 2.24) is 0 Å². The fraction of sp³-hybridized carbons (Fsp3) is 0.273. The number of aliphatic carboxylic acids is 1. The van der Waals surface area contributed by atoms with Gasteiger partial charge in [0, 0.05) is 4.47 Å². The van der Waals surface area contributed by atoms with E-state index in [1.54, 1.807) is 0 Å². The lowest BCUT2D eigenvalue weighted by atomic mass is 9.92. The maximum absolute atomic E-state index is 13.0. The van der Waals surface area contributed by atoms with E-state index < -0.39 is 23.1 Å². The van der Waals surface area contributed by atoms with Crippen LogP contribution in [-0.4, -0.2) is 17.0 Å². The van der Waals surface area contributed by atoms with Crippen LogP contribution in [0.15, 0.2) is 22.7 Å². The molecule has 17 heavy (non-hydrogen) atoms. The molecule has 2 N–H and O–H groups in total. The fourth-order valence-electron chi connectivity index (χ4n) is 0.969. The fourth-order valence-corrected chi connectivity index (χ4v) is 1.31. The molecule has 0 spiro atoms. The van der Waals surface area contributed by atoms with Gasteiger partial charge in [-0.2, -0.15) is 0 Å². The summed E-state index contributed by atoms with van der Waals surface area (Å²) >= 11 is 3.13. The molecule has 1 aromatic carbocycles. The van der Waals surface area contributed by atoms with Gasteiger partial charge < -0.3 is 10.4 Å². The second-order valence-electron chi connectivity index (χ2n) is 4.01. The molecule has 0 aliphatic carbocycles. The molecule has 0 bridgehead atoms. The molecule has 0 radical (unpaired) electrons. The number of carbonyl (C=O) groups excluding carboxylic acids is 1. The normalized spacial score (nSPS) is 11.1. The summed E-state index contributed by atoms with van der Waals surface area (Å²) in [6.07, 6.45) is 0. The second kappa shape index (κ2) is 4.83. The Hall–Kier alpha value is -1.43. The predicted octanol–water partition coefficient (Wildman–Crippen LogP) is 2.64. The number of rotatable bonds is 3. The smallest absolute Gasteiger partial charge is 0.318 e. The van der Waals surface area contributed by atoms with Gasteiger partial charge in [0.15, 0.2) is 0 Å². The van der Waals surface area contributed by atoms with Crippen molar-refractivity contribution >= 4 is 33.5 Å². The Bertz CT molecular complexity index is 474. The zero-order valence-electron chi connectivity index (χ0n) is 9.25. The Balaban J connectivity index is 2.96. The average molecular weight is 304 g/mol. The van der Waals surface area contributed by atoms with Crippen LogP contribution in [0.2, 0.25) is 0 Å². The molecule has 0 saturated carbocycles. The number of hydrogen-bond donors (Lipinski definition) is 2. The van der Waals surface area contributed by atoms with Gasteiger partial charge in [-0.15, -0.1) is 0 Å². The number of hydrogen-bond acceptors (Lipinski definition) is 2. The quantitative estimate of drug-likeness (QED) is 0.844. The Labute approximate surface area is 106 Å². The first-order valence-electron chi connectivity index (χ1n) is 4.75. The average Bonchev–Trinajstić information content (AvgIpc) is 2.23. The summed E-state index contributed by atoms with van der Waals surface area (Å²) in [5.74, 6) is -2.48. The van der Waals surface area contributed by atoms with E-state index in [1.807, 2.05) is 0 Å². The third-order valence-corrected chi connectivity index (χ3v) is 2.97. The molecule has 0 aromatic heterocycles. The number of carboxylic acids is 1. The van der Waals surface area contributed by atoms with Gasteiger partial charge in [-0.1, -0.05) is 0 Å². The molecule has 0 aliphatic rings. The zero-order valence-corrected chi connectivity index (χ0v) is 10.8. The van der Waals surface area contributed by atoms with Crippen LogP contribution in [-0.2, 0) is 9.59 Å². The molecule has 0 fully saturated rings. The lowest BCUT2D eigenvalue weighted by molar-refractivity contribution is -0.151. The topological polar surface area (TPSA) is 66.4 Å². The van der Waals surface area contributed by atoms with E-state index in [0.717, 1.165) is 6.07 Å². The van der Waals surface area contributed by atoms with Crippen molar-refractivity contribution in [3.8, 4) is 0 Å². The van der Waals surface area contributed by atoms with Crippen molar-refractivity contribution < 1.29 is 19.1 Å². The van der Waals surface area contributed by atoms with Crippen LogP contribution in [0.1, 0.15) is 13.8 Å². The summed E-state index contributed by atoms with van der Waals surface area (Å²) in [4.78, 5) is 22.6. The van der Waals surface area contributed by atoms with Gasteiger partial charge in [0.1, 0.15) is 11.2 Å².